The Morgan fingerprint density at radius 1 is 1.39 bits per heavy atom. The van der Waals surface area contributed by atoms with Crippen molar-refractivity contribution in [2.24, 2.45) is 5.92 Å². The normalized spacial score (nSPS) is 30.2. The van der Waals surface area contributed by atoms with E-state index in [-0.39, 0.29) is 11.9 Å². The van der Waals surface area contributed by atoms with Gasteiger partial charge < -0.3 is 16.0 Å². The Balaban J connectivity index is 1.62. The van der Waals surface area contributed by atoms with Crippen molar-refractivity contribution < 1.29 is 4.79 Å². The first-order valence-corrected chi connectivity index (χ1v) is 6.63. The molecule has 0 bridgehead atoms. The van der Waals surface area contributed by atoms with Crippen molar-refractivity contribution in [1.29, 1.82) is 0 Å². The molecule has 0 aromatic heterocycles. The van der Waals surface area contributed by atoms with Crippen molar-refractivity contribution in [3.05, 3.63) is 29.3 Å². The van der Waals surface area contributed by atoms with Gasteiger partial charge in [0, 0.05) is 23.3 Å². The van der Waals surface area contributed by atoms with Gasteiger partial charge in [0.25, 0.3) is 0 Å². The molecule has 3 N–H and O–H groups in total. The molecular weight excluding hydrogens is 250 g/mol. The molecule has 18 heavy (non-hydrogen) atoms. The summed E-state index contributed by atoms with van der Waals surface area (Å²) in [4.78, 5) is 12.1. The van der Waals surface area contributed by atoms with Crippen LogP contribution in [0.1, 0.15) is 6.42 Å². The highest BCUT2D eigenvalue weighted by atomic mass is 35.5. The molecule has 96 valence electrons. The van der Waals surface area contributed by atoms with Crippen molar-refractivity contribution in [2.45, 2.75) is 18.5 Å². The molecule has 0 aliphatic carbocycles. The molecule has 2 heterocycles. The zero-order valence-electron chi connectivity index (χ0n) is 9.95. The predicted octanol–water partition coefficient (Wildman–Crippen LogP) is 1.23. The second-order valence-corrected chi connectivity index (χ2v) is 5.42. The summed E-state index contributed by atoms with van der Waals surface area (Å²) < 4.78 is 0. The lowest BCUT2D eigenvalue weighted by molar-refractivity contribution is -0.117. The highest BCUT2D eigenvalue weighted by Gasteiger charge is 2.39. The number of carbonyl (C=O) groups excluding carboxylic acids is 1. The molecule has 5 heteroatoms. The Bertz CT molecular complexity index is 453. The van der Waals surface area contributed by atoms with E-state index in [2.05, 4.69) is 16.0 Å². The van der Waals surface area contributed by atoms with Crippen LogP contribution in [-0.2, 0) is 4.79 Å². The molecule has 2 aliphatic heterocycles. The van der Waals surface area contributed by atoms with E-state index in [1.807, 2.05) is 12.1 Å². The van der Waals surface area contributed by atoms with Gasteiger partial charge in [-0.1, -0.05) is 17.7 Å². The SMILES string of the molecule is O=C(Nc1cccc(Cl)c1)C1CC2CNCC2N1. The van der Waals surface area contributed by atoms with E-state index >= 15 is 0 Å². The lowest BCUT2D eigenvalue weighted by atomic mass is 10.0. The Hall–Kier alpha value is -1.10. The number of anilines is 1. The topological polar surface area (TPSA) is 53.2 Å². The number of amides is 1. The zero-order valence-corrected chi connectivity index (χ0v) is 10.7. The molecule has 1 amide bonds. The minimum Gasteiger partial charge on any atom is -0.325 e. The van der Waals surface area contributed by atoms with E-state index < -0.39 is 0 Å². The van der Waals surface area contributed by atoms with Crippen LogP contribution in [0.25, 0.3) is 0 Å². The fourth-order valence-corrected chi connectivity index (χ4v) is 2.97. The van der Waals surface area contributed by atoms with Crippen LogP contribution in [-0.4, -0.2) is 31.1 Å². The van der Waals surface area contributed by atoms with Crippen molar-refractivity contribution in [3.8, 4) is 0 Å². The third kappa shape index (κ3) is 2.36. The molecule has 0 radical (unpaired) electrons. The minimum atomic E-state index is -0.0823. The summed E-state index contributed by atoms with van der Waals surface area (Å²) in [5.74, 6) is 0.617. The van der Waals surface area contributed by atoms with Crippen molar-refractivity contribution in [3.63, 3.8) is 0 Å². The third-order valence-electron chi connectivity index (χ3n) is 3.70. The lowest BCUT2D eigenvalue weighted by Crippen LogP contribution is -2.41. The summed E-state index contributed by atoms with van der Waals surface area (Å²) in [6.45, 7) is 1.98. The van der Waals surface area contributed by atoms with Gasteiger partial charge in [0.05, 0.1) is 6.04 Å². The molecule has 3 unspecified atom stereocenters. The molecule has 2 saturated heterocycles. The van der Waals surface area contributed by atoms with E-state index in [0.29, 0.717) is 17.0 Å². The Kier molecular flexibility index (Phi) is 3.24. The van der Waals surface area contributed by atoms with Crippen LogP contribution in [0.3, 0.4) is 0 Å². The van der Waals surface area contributed by atoms with Crippen LogP contribution in [0, 0.1) is 5.92 Å². The highest BCUT2D eigenvalue weighted by Crippen LogP contribution is 2.24. The Morgan fingerprint density at radius 2 is 2.28 bits per heavy atom. The number of halogens is 1. The largest absolute Gasteiger partial charge is 0.325 e. The monoisotopic (exact) mass is 265 g/mol. The first-order valence-electron chi connectivity index (χ1n) is 6.25. The number of carbonyl (C=O) groups is 1. The fraction of sp³-hybridized carbons (Fsp3) is 0.462. The van der Waals surface area contributed by atoms with E-state index in [1.54, 1.807) is 12.1 Å². The molecule has 0 spiro atoms. The lowest BCUT2D eigenvalue weighted by Gasteiger charge is -2.13. The van der Waals surface area contributed by atoms with Crippen molar-refractivity contribution >= 4 is 23.2 Å². The molecule has 1 aromatic rings. The molecule has 1 aromatic carbocycles. The van der Waals surface area contributed by atoms with Crippen molar-refractivity contribution in [2.75, 3.05) is 18.4 Å². The number of hydrogen-bond acceptors (Lipinski definition) is 3. The Labute approximate surface area is 111 Å². The van der Waals surface area contributed by atoms with E-state index in [4.69, 9.17) is 11.6 Å². The number of rotatable bonds is 2. The zero-order chi connectivity index (χ0) is 12.5. The van der Waals surface area contributed by atoms with Gasteiger partial charge in [0.1, 0.15) is 0 Å². The van der Waals surface area contributed by atoms with Gasteiger partial charge >= 0.3 is 0 Å². The van der Waals surface area contributed by atoms with Gasteiger partial charge in [-0.3, -0.25) is 4.79 Å². The number of nitrogens with one attached hydrogen (secondary N) is 3. The third-order valence-corrected chi connectivity index (χ3v) is 3.94. The average Bonchev–Trinajstić information content (AvgIpc) is 2.88. The first-order chi connectivity index (χ1) is 8.72. The molecule has 2 fully saturated rings. The molecular formula is C13H16ClN3O. The summed E-state index contributed by atoms with van der Waals surface area (Å²) in [5, 5.41) is 10.2. The number of benzene rings is 1. The van der Waals surface area contributed by atoms with Gasteiger partial charge in [-0.25, -0.2) is 0 Å². The fourth-order valence-electron chi connectivity index (χ4n) is 2.78. The molecule has 3 atom stereocenters. The van der Waals surface area contributed by atoms with Crippen LogP contribution in [0.15, 0.2) is 24.3 Å². The van der Waals surface area contributed by atoms with E-state index in [1.165, 1.54) is 0 Å². The summed E-state index contributed by atoms with van der Waals surface area (Å²) >= 11 is 5.89. The molecule has 2 aliphatic rings. The van der Waals surface area contributed by atoms with Crippen LogP contribution in [0.5, 0.6) is 0 Å². The second-order valence-electron chi connectivity index (χ2n) is 4.98. The maximum absolute atomic E-state index is 12.1. The van der Waals surface area contributed by atoms with Gasteiger partial charge in [-0.05, 0) is 37.1 Å². The summed E-state index contributed by atoms with van der Waals surface area (Å²) in [7, 11) is 0. The minimum absolute atomic E-state index is 0.0340. The maximum Gasteiger partial charge on any atom is 0.241 e. The number of fused-ring (bicyclic) bond motifs is 1. The van der Waals surface area contributed by atoms with Crippen LogP contribution in [0.4, 0.5) is 5.69 Å². The summed E-state index contributed by atoms with van der Waals surface area (Å²) in [5.41, 5.74) is 0.754. The maximum atomic E-state index is 12.1. The van der Waals surface area contributed by atoms with Gasteiger partial charge in [-0.2, -0.15) is 0 Å². The number of hydrogen-bond donors (Lipinski definition) is 3. The van der Waals surface area contributed by atoms with Crippen molar-refractivity contribution in [1.82, 2.24) is 10.6 Å². The first kappa shape index (κ1) is 12.0. The smallest absolute Gasteiger partial charge is 0.241 e. The highest BCUT2D eigenvalue weighted by molar-refractivity contribution is 6.30. The molecule has 0 saturated carbocycles. The Morgan fingerprint density at radius 3 is 3.06 bits per heavy atom. The average molecular weight is 266 g/mol. The van der Waals surface area contributed by atoms with Crippen LogP contribution >= 0.6 is 11.6 Å². The van der Waals surface area contributed by atoms with E-state index in [0.717, 1.165) is 25.2 Å². The van der Waals surface area contributed by atoms with Crippen LogP contribution < -0.4 is 16.0 Å². The van der Waals surface area contributed by atoms with Gasteiger partial charge in [0.15, 0.2) is 0 Å². The molecule has 4 nitrogen and oxygen atoms in total. The van der Waals surface area contributed by atoms with Gasteiger partial charge in [-0.15, -0.1) is 0 Å². The van der Waals surface area contributed by atoms with E-state index in [9.17, 15) is 4.79 Å². The standard InChI is InChI=1S/C13H16ClN3O/c14-9-2-1-3-10(5-9)16-13(18)11-4-8-6-15-7-12(8)17-11/h1-3,5,8,11-12,15,17H,4,6-7H2,(H,16,18). The molecule has 3 rings (SSSR count). The summed E-state index contributed by atoms with van der Waals surface area (Å²) in [6, 6.07) is 7.60. The quantitative estimate of drug-likeness (QED) is 0.754. The summed E-state index contributed by atoms with van der Waals surface area (Å²) in [6.07, 6.45) is 0.907. The van der Waals surface area contributed by atoms with Gasteiger partial charge in [0.2, 0.25) is 5.91 Å². The van der Waals surface area contributed by atoms with Crippen LogP contribution in [0.2, 0.25) is 5.02 Å². The second kappa shape index (κ2) is 4.88. The predicted molar refractivity (Wildman–Crippen MR) is 71.8 cm³/mol.